The van der Waals surface area contributed by atoms with Gasteiger partial charge < -0.3 is 14.7 Å². The molecule has 1 N–H and O–H groups in total. The van der Waals surface area contributed by atoms with Crippen LogP contribution in [0.5, 0.6) is 0 Å². The Kier molecular flexibility index (Phi) is 11.9. The third-order valence-corrected chi connectivity index (χ3v) is 3.80. The molecule has 1 fully saturated rings. The number of aliphatic hydroxyl groups is 1. The molecule has 6 heteroatoms. The highest BCUT2D eigenvalue weighted by Crippen LogP contribution is 2.04. The minimum absolute atomic E-state index is 0. The molecule has 1 aromatic carbocycles. The zero-order valence-corrected chi connectivity index (χ0v) is 14.8. The maximum absolute atomic E-state index is 10.0. The maximum atomic E-state index is 10.0. The van der Waals surface area contributed by atoms with Crippen LogP contribution in [0.15, 0.2) is 30.3 Å². The normalized spacial score (nSPS) is 17.4. The largest absolute Gasteiger partial charge is 0.389 e. The number of piperazine rings is 1. The van der Waals surface area contributed by atoms with E-state index in [0.29, 0.717) is 19.8 Å². The molecule has 1 aliphatic heterocycles. The van der Waals surface area contributed by atoms with Gasteiger partial charge in [-0.15, -0.1) is 24.8 Å². The third-order valence-electron chi connectivity index (χ3n) is 3.80. The molecule has 22 heavy (non-hydrogen) atoms. The lowest BCUT2D eigenvalue weighted by atomic mass is 10.2. The Morgan fingerprint density at radius 1 is 1.05 bits per heavy atom. The first kappa shape index (κ1) is 21.6. The zero-order chi connectivity index (χ0) is 14.2. The number of aliphatic hydroxyl groups excluding tert-OH is 1. The van der Waals surface area contributed by atoms with Gasteiger partial charge in [0.15, 0.2) is 0 Å². The highest BCUT2D eigenvalue weighted by Gasteiger charge is 2.18. The van der Waals surface area contributed by atoms with E-state index in [9.17, 15) is 5.11 Å². The Labute approximate surface area is 146 Å². The van der Waals surface area contributed by atoms with Gasteiger partial charge in [-0.3, -0.25) is 4.90 Å². The molecule has 0 aromatic heterocycles. The molecule has 0 aliphatic carbocycles. The van der Waals surface area contributed by atoms with Crippen molar-refractivity contribution >= 4 is 24.8 Å². The average molecular weight is 351 g/mol. The lowest BCUT2D eigenvalue weighted by Crippen LogP contribution is -2.48. The summed E-state index contributed by atoms with van der Waals surface area (Å²) in [6.07, 6.45) is -0.396. The minimum atomic E-state index is -0.396. The van der Waals surface area contributed by atoms with Gasteiger partial charge >= 0.3 is 0 Å². The van der Waals surface area contributed by atoms with Crippen molar-refractivity contribution in [1.29, 1.82) is 0 Å². The van der Waals surface area contributed by atoms with Crippen molar-refractivity contribution in [2.24, 2.45) is 0 Å². The molecule has 1 saturated heterocycles. The van der Waals surface area contributed by atoms with Crippen LogP contribution in [0.25, 0.3) is 0 Å². The summed E-state index contributed by atoms with van der Waals surface area (Å²) in [6.45, 7) is 9.31. The number of halogens is 2. The van der Waals surface area contributed by atoms with Crippen molar-refractivity contribution in [2.45, 2.75) is 19.6 Å². The molecule has 0 saturated carbocycles. The first-order valence-corrected chi connectivity index (χ1v) is 7.52. The number of nitrogens with zero attached hydrogens (tertiary/aromatic N) is 2. The van der Waals surface area contributed by atoms with Gasteiger partial charge in [-0.1, -0.05) is 37.3 Å². The standard InChI is InChI=1S/C16H26N2O2.2ClH/c1-2-17-8-10-18(11-9-17)12-16(19)14-20-13-15-6-4-3-5-7-15;;/h3-7,16,19H,2,8-14H2,1H3;2*1H. The zero-order valence-electron chi connectivity index (χ0n) is 13.2. The van der Waals surface area contributed by atoms with Gasteiger partial charge in [-0.25, -0.2) is 0 Å². The number of likely N-dealkylation sites (N-methyl/N-ethyl adjacent to an activating group) is 1. The van der Waals surface area contributed by atoms with Crippen LogP contribution in [-0.2, 0) is 11.3 Å². The number of β-amino-alcohol motifs (C(OH)–C–C–N with tert-alkyl or cyclic N) is 1. The molecule has 1 heterocycles. The molecule has 128 valence electrons. The summed E-state index contributed by atoms with van der Waals surface area (Å²) in [6, 6.07) is 10.1. The van der Waals surface area contributed by atoms with E-state index in [1.807, 2.05) is 30.3 Å². The second kappa shape index (κ2) is 12.1. The summed E-state index contributed by atoms with van der Waals surface area (Å²) in [5, 5.41) is 10.0. The van der Waals surface area contributed by atoms with E-state index >= 15 is 0 Å². The summed E-state index contributed by atoms with van der Waals surface area (Å²) in [4.78, 5) is 4.76. The fourth-order valence-corrected chi connectivity index (χ4v) is 2.53. The predicted octanol–water partition coefficient (Wildman–Crippen LogP) is 2.05. The Morgan fingerprint density at radius 2 is 1.64 bits per heavy atom. The number of rotatable bonds is 7. The van der Waals surface area contributed by atoms with E-state index in [1.165, 1.54) is 0 Å². The van der Waals surface area contributed by atoms with Crippen LogP contribution < -0.4 is 0 Å². The Balaban J connectivity index is 0.00000220. The molecular weight excluding hydrogens is 323 g/mol. The first-order chi connectivity index (χ1) is 9.78. The molecule has 4 nitrogen and oxygen atoms in total. The van der Waals surface area contributed by atoms with Crippen molar-refractivity contribution in [2.75, 3.05) is 45.9 Å². The molecular formula is C16H28Cl2N2O2. The summed E-state index contributed by atoms with van der Waals surface area (Å²) in [7, 11) is 0. The van der Waals surface area contributed by atoms with E-state index in [-0.39, 0.29) is 24.8 Å². The Bertz CT molecular complexity index is 374. The van der Waals surface area contributed by atoms with Crippen LogP contribution in [0, 0.1) is 0 Å². The molecule has 0 radical (unpaired) electrons. The Hall–Kier alpha value is -0.360. The van der Waals surface area contributed by atoms with Crippen molar-refractivity contribution < 1.29 is 9.84 Å². The van der Waals surface area contributed by atoms with Gasteiger partial charge in [-0.05, 0) is 12.1 Å². The van der Waals surface area contributed by atoms with Gasteiger partial charge in [0, 0.05) is 32.7 Å². The fourth-order valence-electron chi connectivity index (χ4n) is 2.53. The van der Waals surface area contributed by atoms with Gasteiger partial charge in [0.05, 0.1) is 19.3 Å². The van der Waals surface area contributed by atoms with Gasteiger partial charge in [-0.2, -0.15) is 0 Å². The summed E-state index contributed by atoms with van der Waals surface area (Å²) < 4.78 is 5.58. The molecule has 1 unspecified atom stereocenters. The lowest BCUT2D eigenvalue weighted by molar-refractivity contribution is 0.00177. The monoisotopic (exact) mass is 350 g/mol. The van der Waals surface area contributed by atoms with Crippen LogP contribution in [0.4, 0.5) is 0 Å². The first-order valence-electron chi connectivity index (χ1n) is 7.52. The van der Waals surface area contributed by atoms with Crippen LogP contribution in [0.1, 0.15) is 12.5 Å². The lowest BCUT2D eigenvalue weighted by Gasteiger charge is -2.34. The number of ether oxygens (including phenoxy) is 1. The van der Waals surface area contributed by atoms with Crippen molar-refractivity contribution in [3.63, 3.8) is 0 Å². The number of benzene rings is 1. The SMILES string of the molecule is CCN1CCN(CC(O)COCc2ccccc2)CC1.Cl.Cl. The smallest absolute Gasteiger partial charge is 0.0900 e. The van der Waals surface area contributed by atoms with Crippen molar-refractivity contribution in [3.8, 4) is 0 Å². The molecule has 2 rings (SSSR count). The molecule has 1 aromatic rings. The van der Waals surface area contributed by atoms with Gasteiger partial charge in [0.1, 0.15) is 0 Å². The Morgan fingerprint density at radius 3 is 2.23 bits per heavy atom. The van der Waals surface area contributed by atoms with Crippen LogP contribution in [0.3, 0.4) is 0 Å². The second-order valence-electron chi connectivity index (χ2n) is 5.39. The maximum Gasteiger partial charge on any atom is 0.0900 e. The van der Waals surface area contributed by atoms with Crippen LogP contribution in [-0.4, -0.2) is 66.9 Å². The highest BCUT2D eigenvalue weighted by atomic mass is 35.5. The predicted molar refractivity (Wildman–Crippen MR) is 95.2 cm³/mol. The molecule has 0 bridgehead atoms. The van der Waals surface area contributed by atoms with E-state index in [2.05, 4.69) is 16.7 Å². The minimum Gasteiger partial charge on any atom is -0.389 e. The van der Waals surface area contributed by atoms with E-state index < -0.39 is 6.10 Å². The molecule has 0 amide bonds. The highest BCUT2D eigenvalue weighted by molar-refractivity contribution is 5.85. The van der Waals surface area contributed by atoms with Crippen molar-refractivity contribution in [3.05, 3.63) is 35.9 Å². The third kappa shape index (κ3) is 7.77. The molecule has 1 aliphatic rings. The van der Waals surface area contributed by atoms with Crippen LogP contribution >= 0.6 is 24.8 Å². The summed E-state index contributed by atoms with van der Waals surface area (Å²) >= 11 is 0. The molecule has 1 atom stereocenters. The van der Waals surface area contributed by atoms with E-state index in [4.69, 9.17) is 4.74 Å². The van der Waals surface area contributed by atoms with Gasteiger partial charge in [0.2, 0.25) is 0 Å². The van der Waals surface area contributed by atoms with E-state index in [1.54, 1.807) is 0 Å². The summed E-state index contributed by atoms with van der Waals surface area (Å²) in [5.74, 6) is 0. The van der Waals surface area contributed by atoms with Crippen molar-refractivity contribution in [1.82, 2.24) is 9.80 Å². The topological polar surface area (TPSA) is 35.9 Å². The van der Waals surface area contributed by atoms with Crippen LogP contribution in [0.2, 0.25) is 0 Å². The quantitative estimate of drug-likeness (QED) is 0.816. The average Bonchev–Trinajstić information content (AvgIpc) is 2.49. The fraction of sp³-hybridized carbons (Fsp3) is 0.625. The number of hydrogen-bond donors (Lipinski definition) is 1. The van der Waals surface area contributed by atoms with Gasteiger partial charge in [0.25, 0.3) is 0 Å². The van der Waals surface area contributed by atoms with E-state index in [0.717, 1.165) is 38.3 Å². The second-order valence-corrected chi connectivity index (χ2v) is 5.39. The summed E-state index contributed by atoms with van der Waals surface area (Å²) in [5.41, 5.74) is 1.15. The number of hydrogen-bond acceptors (Lipinski definition) is 4. The molecule has 0 spiro atoms.